The summed E-state index contributed by atoms with van der Waals surface area (Å²) in [5.41, 5.74) is 2.95. The molecule has 0 radical (unpaired) electrons. The van der Waals surface area contributed by atoms with Crippen LogP contribution >= 0.6 is 11.3 Å². The van der Waals surface area contributed by atoms with E-state index >= 15 is 0 Å². The van der Waals surface area contributed by atoms with Gasteiger partial charge in [0.25, 0.3) is 5.91 Å². The van der Waals surface area contributed by atoms with Crippen molar-refractivity contribution >= 4 is 17.2 Å². The number of carbonyl (C=O) groups is 1. The van der Waals surface area contributed by atoms with Crippen LogP contribution in [-0.4, -0.2) is 40.1 Å². The van der Waals surface area contributed by atoms with E-state index in [1.54, 1.807) is 0 Å². The summed E-state index contributed by atoms with van der Waals surface area (Å²) in [6, 6.07) is 0. The van der Waals surface area contributed by atoms with E-state index in [1.165, 1.54) is 11.3 Å². The number of hydrogen-bond acceptors (Lipinski definition) is 6. The van der Waals surface area contributed by atoms with E-state index in [9.17, 15) is 9.90 Å². The minimum Gasteiger partial charge on any atom is -0.393 e. The Hall–Kier alpha value is -1.02. The van der Waals surface area contributed by atoms with Gasteiger partial charge in [0.05, 0.1) is 11.8 Å². The second-order valence-corrected chi connectivity index (χ2v) is 5.50. The number of hydrogen-bond donors (Lipinski definition) is 3. The molecule has 1 saturated heterocycles. The predicted molar refractivity (Wildman–Crippen MR) is 68.8 cm³/mol. The van der Waals surface area contributed by atoms with Gasteiger partial charge in [0.2, 0.25) is 0 Å². The lowest BCUT2D eigenvalue weighted by atomic mass is 10.0. The van der Waals surface area contributed by atoms with E-state index in [0.717, 1.165) is 31.7 Å². The molecular formula is C11H18N4O2S. The van der Waals surface area contributed by atoms with Gasteiger partial charge in [0, 0.05) is 18.5 Å². The second kappa shape index (κ2) is 5.75. The largest absolute Gasteiger partial charge is 0.393 e. The molecule has 1 aliphatic heterocycles. The molecule has 0 spiro atoms. The van der Waals surface area contributed by atoms with E-state index in [1.807, 2.05) is 12.3 Å². The predicted octanol–water partition coefficient (Wildman–Crippen LogP) is -0.0507. The SMILES string of the molecule is CC(O)C1CCN(Cc2csc(C(=O)NN)n2)C1. The lowest BCUT2D eigenvalue weighted by Crippen LogP contribution is -2.30. The molecule has 1 aromatic heterocycles. The molecule has 1 fully saturated rings. The van der Waals surface area contributed by atoms with E-state index < -0.39 is 0 Å². The number of nitrogens with one attached hydrogen (secondary N) is 1. The molecule has 1 aliphatic rings. The number of likely N-dealkylation sites (tertiary alicyclic amines) is 1. The fourth-order valence-electron chi connectivity index (χ4n) is 2.17. The third kappa shape index (κ3) is 3.05. The number of aliphatic hydroxyl groups is 1. The topological polar surface area (TPSA) is 91.5 Å². The summed E-state index contributed by atoms with van der Waals surface area (Å²) >= 11 is 1.29. The van der Waals surface area contributed by atoms with Crippen molar-refractivity contribution in [2.24, 2.45) is 11.8 Å². The molecule has 6 nitrogen and oxygen atoms in total. The van der Waals surface area contributed by atoms with Gasteiger partial charge < -0.3 is 5.11 Å². The molecule has 2 atom stereocenters. The molecule has 1 aromatic rings. The van der Waals surface area contributed by atoms with E-state index in [4.69, 9.17) is 5.84 Å². The summed E-state index contributed by atoms with van der Waals surface area (Å²) in [6.45, 7) is 4.40. The molecule has 4 N–H and O–H groups in total. The van der Waals surface area contributed by atoms with Gasteiger partial charge in [-0.3, -0.25) is 15.1 Å². The van der Waals surface area contributed by atoms with Crippen LogP contribution in [0.3, 0.4) is 0 Å². The van der Waals surface area contributed by atoms with Crippen molar-refractivity contribution in [3.63, 3.8) is 0 Å². The zero-order valence-corrected chi connectivity index (χ0v) is 11.1. The maximum absolute atomic E-state index is 11.3. The quantitative estimate of drug-likeness (QED) is 0.405. The van der Waals surface area contributed by atoms with Gasteiger partial charge in [-0.25, -0.2) is 10.8 Å². The van der Waals surface area contributed by atoms with Crippen molar-refractivity contribution in [2.75, 3.05) is 13.1 Å². The maximum atomic E-state index is 11.3. The number of carbonyl (C=O) groups excluding carboxylic acids is 1. The molecule has 0 bridgehead atoms. The van der Waals surface area contributed by atoms with Crippen LogP contribution in [0.5, 0.6) is 0 Å². The van der Waals surface area contributed by atoms with Gasteiger partial charge in [0.1, 0.15) is 0 Å². The number of aromatic nitrogens is 1. The van der Waals surface area contributed by atoms with Gasteiger partial charge in [-0.15, -0.1) is 11.3 Å². The van der Waals surface area contributed by atoms with Crippen LogP contribution in [0.2, 0.25) is 0 Å². The number of hydrazine groups is 1. The Labute approximate surface area is 110 Å². The average Bonchev–Trinajstić information content (AvgIpc) is 2.98. The van der Waals surface area contributed by atoms with Crippen molar-refractivity contribution in [1.29, 1.82) is 0 Å². The fourth-order valence-corrected chi connectivity index (χ4v) is 2.89. The highest BCUT2D eigenvalue weighted by atomic mass is 32.1. The number of nitrogens with zero attached hydrogens (tertiary/aromatic N) is 2. The average molecular weight is 270 g/mol. The Morgan fingerprint density at radius 1 is 1.83 bits per heavy atom. The highest BCUT2D eigenvalue weighted by Crippen LogP contribution is 2.22. The van der Waals surface area contributed by atoms with Crippen molar-refractivity contribution in [3.05, 3.63) is 16.1 Å². The van der Waals surface area contributed by atoms with Crippen LogP contribution < -0.4 is 11.3 Å². The molecule has 2 rings (SSSR count). The lowest BCUT2D eigenvalue weighted by molar-refractivity contribution is 0.0953. The van der Waals surface area contributed by atoms with Crippen LogP contribution in [0.25, 0.3) is 0 Å². The van der Waals surface area contributed by atoms with Gasteiger partial charge in [-0.2, -0.15) is 0 Å². The number of nitrogen functional groups attached to an aromatic ring is 1. The normalized spacial score (nSPS) is 22.1. The third-order valence-electron chi connectivity index (χ3n) is 3.25. The molecule has 18 heavy (non-hydrogen) atoms. The number of thiazole rings is 1. The van der Waals surface area contributed by atoms with Crippen molar-refractivity contribution in [1.82, 2.24) is 15.3 Å². The molecule has 2 unspecified atom stereocenters. The number of nitrogens with two attached hydrogens (primary N) is 1. The van der Waals surface area contributed by atoms with Crippen LogP contribution in [0.15, 0.2) is 5.38 Å². The summed E-state index contributed by atoms with van der Waals surface area (Å²) in [4.78, 5) is 17.8. The Bertz CT molecular complexity index is 421. The van der Waals surface area contributed by atoms with Crippen LogP contribution in [0, 0.1) is 5.92 Å². The van der Waals surface area contributed by atoms with Gasteiger partial charge in [0.15, 0.2) is 5.01 Å². The third-order valence-corrected chi connectivity index (χ3v) is 4.14. The van der Waals surface area contributed by atoms with Gasteiger partial charge >= 0.3 is 0 Å². The molecule has 2 heterocycles. The smallest absolute Gasteiger partial charge is 0.294 e. The Balaban J connectivity index is 1.91. The highest BCUT2D eigenvalue weighted by Gasteiger charge is 2.26. The number of aliphatic hydroxyl groups excluding tert-OH is 1. The van der Waals surface area contributed by atoms with E-state index in [2.05, 4.69) is 15.3 Å². The molecule has 0 saturated carbocycles. The first-order valence-electron chi connectivity index (χ1n) is 5.96. The first-order chi connectivity index (χ1) is 8.60. The number of amides is 1. The summed E-state index contributed by atoms with van der Waals surface area (Å²) in [6.07, 6.45) is 0.752. The summed E-state index contributed by atoms with van der Waals surface area (Å²) < 4.78 is 0. The second-order valence-electron chi connectivity index (χ2n) is 4.64. The molecule has 0 aromatic carbocycles. The van der Waals surface area contributed by atoms with Crippen molar-refractivity contribution in [3.8, 4) is 0 Å². The van der Waals surface area contributed by atoms with Gasteiger partial charge in [-0.05, 0) is 25.8 Å². The molecule has 100 valence electrons. The van der Waals surface area contributed by atoms with Crippen LogP contribution in [0.4, 0.5) is 0 Å². The van der Waals surface area contributed by atoms with Crippen LogP contribution in [0.1, 0.15) is 28.8 Å². The van der Waals surface area contributed by atoms with Crippen molar-refractivity contribution in [2.45, 2.75) is 26.0 Å². The highest BCUT2D eigenvalue weighted by molar-refractivity contribution is 7.11. The standard InChI is InChI=1S/C11H18N4O2S/c1-7(16)8-2-3-15(4-8)5-9-6-18-11(13-9)10(17)14-12/h6-8,16H,2-5,12H2,1H3,(H,14,17). The Morgan fingerprint density at radius 2 is 2.61 bits per heavy atom. The Kier molecular flexibility index (Phi) is 4.28. The first-order valence-corrected chi connectivity index (χ1v) is 6.84. The summed E-state index contributed by atoms with van der Waals surface area (Å²) in [5.74, 6) is 5.05. The summed E-state index contributed by atoms with van der Waals surface area (Å²) in [7, 11) is 0. The summed E-state index contributed by atoms with van der Waals surface area (Å²) in [5, 5.41) is 11.8. The zero-order valence-electron chi connectivity index (χ0n) is 10.3. The minimum atomic E-state index is -0.352. The Morgan fingerprint density at radius 3 is 3.22 bits per heavy atom. The minimum absolute atomic E-state index is 0.260. The van der Waals surface area contributed by atoms with Gasteiger partial charge in [-0.1, -0.05) is 0 Å². The zero-order chi connectivity index (χ0) is 13.1. The molecule has 1 amide bonds. The maximum Gasteiger partial charge on any atom is 0.294 e. The molecule has 7 heteroatoms. The van der Waals surface area contributed by atoms with E-state index in [-0.39, 0.29) is 12.0 Å². The molecule has 0 aliphatic carbocycles. The molecular weight excluding hydrogens is 252 g/mol. The monoisotopic (exact) mass is 270 g/mol. The van der Waals surface area contributed by atoms with Crippen LogP contribution in [-0.2, 0) is 6.54 Å². The lowest BCUT2D eigenvalue weighted by Gasteiger charge is -2.15. The first kappa shape index (κ1) is 13.4. The van der Waals surface area contributed by atoms with Crippen molar-refractivity contribution < 1.29 is 9.90 Å². The van der Waals surface area contributed by atoms with E-state index in [0.29, 0.717) is 10.9 Å². The number of rotatable bonds is 4. The fraction of sp³-hybridized carbons (Fsp3) is 0.636.